The van der Waals surface area contributed by atoms with Gasteiger partial charge < -0.3 is 10.4 Å². The summed E-state index contributed by atoms with van der Waals surface area (Å²) in [5, 5.41) is 12.6. The summed E-state index contributed by atoms with van der Waals surface area (Å²) in [5.41, 5.74) is 3.89. The van der Waals surface area contributed by atoms with Gasteiger partial charge >= 0.3 is 5.97 Å². The third-order valence-corrected chi connectivity index (χ3v) is 4.28. The highest BCUT2D eigenvalue weighted by Crippen LogP contribution is 2.31. The largest absolute Gasteiger partial charge is 0.481 e. The van der Waals surface area contributed by atoms with Crippen LogP contribution in [-0.2, 0) is 11.3 Å². The lowest BCUT2D eigenvalue weighted by molar-refractivity contribution is -0.142. The number of benzene rings is 1. The maximum atomic E-state index is 11.1. The molecule has 104 valence electrons. The summed E-state index contributed by atoms with van der Waals surface area (Å²) in [6.45, 7) is 5.87. The van der Waals surface area contributed by atoms with E-state index in [0.29, 0.717) is 5.92 Å². The first-order chi connectivity index (χ1) is 9.08. The van der Waals surface area contributed by atoms with Crippen molar-refractivity contribution in [3.8, 4) is 0 Å². The summed E-state index contributed by atoms with van der Waals surface area (Å²) in [4.78, 5) is 11.1. The molecular formula is C16H23NO2. The van der Waals surface area contributed by atoms with Gasteiger partial charge in [-0.2, -0.15) is 0 Å². The molecule has 2 N–H and O–H groups in total. The van der Waals surface area contributed by atoms with E-state index in [1.54, 1.807) is 0 Å². The molecule has 0 saturated heterocycles. The van der Waals surface area contributed by atoms with Crippen LogP contribution >= 0.6 is 0 Å². The number of carboxylic acid groups (broad SMARTS) is 1. The monoisotopic (exact) mass is 261 g/mol. The Balaban J connectivity index is 1.83. The van der Waals surface area contributed by atoms with Gasteiger partial charge in [-0.3, -0.25) is 4.79 Å². The number of carboxylic acids is 1. The number of hydrogen-bond acceptors (Lipinski definition) is 2. The van der Waals surface area contributed by atoms with Gasteiger partial charge in [0.25, 0.3) is 0 Å². The summed E-state index contributed by atoms with van der Waals surface area (Å²) in [6, 6.07) is 6.48. The SMILES string of the molecule is Cc1ccc(CNCC2CCCC2C(=O)O)cc1C. The molecule has 0 aromatic heterocycles. The van der Waals surface area contributed by atoms with Crippen molar-refractivity contribution < 1.29 is 9.90 Å². The predicted molar refractivity (Wildman–Crippen MR) is 76.1 cm³/mol. The summed E-state index contributed by atoms with van der Waals surface area (Å²) in [5.74, 6) is -0.480. The third-order valence-electron chi connectivity index (χ3n) is 4.28. The van der Waals surface area contributed by atoms with E-state index in [4.69, 9.17) is 5.11 Å². The highest BCUT2D eigenvalue weighted by molar-refractivity contribution is 5.70. The van der Waals surface area contributed by atoms with Crippen LogP contribution < -0.4 is 5.32 Å². The standard InChI is InChI=1S/C16H23NO2/c1-11-6-7-13(8-12(11)2)9-17-10-14-4-3-5-15(14)16(18)19/h6-8,14-15,17H,3-5,9-10H2,1-2H3,(H,18,19). The van der Waals surface area contributed by atoms with Crippen LogP contribution in [0.5, 0.6) is 0 Å². The second-order valence-electron chi connectivity index (χ2n) is 5.69. The minimum Gasteiger partial charge on any atom is -0.481 e. The minimum absolute atomic E-state index is 0.146. The molecule has 2 atom stereocenters. The Labute approximate surface area is 115 Å². The second kappa shape index (κ2) is 6.20. The number of aryl methyl sites for hydroxylation is 2. The van der Waals surface area contributed by atoms with Gasteiger partial charge in [0.2, 0.25) is 0 Å². The smallest absolute Gasteiger partial charge is 0.306 e. The van der Waals surface area contributed by atoms with Crippen LogP contribution in [0.25, 0.3) is 0 Å². The number of nitrogens with one attached hydrogen (secondary N) is 1. The Kier molecular flexibility index (Phi) is 4.59. The number of aliphatic carboxylic acids is 1. The average molecular weight is 261 g/mol. The molecule has 19 heavy (non-hydrogen) atoms. The number of rotatable bonds is 5. The fourth-order valence-corrected chi connectivity index (χ4v) is 2.92. The lowest BCUT2D eigenvalue weighted by Gasteiger charge is -2.16. The van der Waals surface area contributed by atoms with Crippen LogP contribution in [0.2, 0.25) is 0 Å². The van der Waals surface area contributed by atoms with E-state index in [1.807, 2.05) is 0 Å². The van der Waals surface area contributed by atoms with E-state index in [1.165, 1.54) is 16.7 Å². The van der Waals surface area contributed by atoms with Crippen LogP contribution in [-0.4, -0.2) is 17.6 Å². The maximum absolute atomic E-state index is 11.1. The lowest BCUT2D eigenvalue weighted by Crippen LogP contribution is -2.28. The molecule has 1 aromatic carbocycles. The minimum atomic E-state index is -0.629. The van der Waals surface area contributed by atoms with Crippen molar-refractivity contribution in [1.82, 2.24) is 5.32 Å². The lowest BCUT2D eigenvalue weighted by atomic mass is 9.96. The average Bonchev–Trinajstić information content (AvgIpc) is 2.82. The molecule has 1 fully saturated rings. The Hall–Kier alpha value is -1.35. The van der Waals surface area contributed by atoms with Crippen LogP contribution in [0.1, 0.15) is 36.0 Å². The molecule has 0 radical (unpaired) electrons. The molecule has 0 bridgehead atoms. The van der Waals surface area contributed by atoms with Crippen LogP contribution in [0, 0.1) is 25.7 Å². The van der Waals surface area contributed by atoms with Gasteiger partial charge in [-0.25, -0.2) is 0 Å². The Morgan fingerprint density at radius 3 is 2.79 bits per heavy atom. The second-order valence-corrected chi connectivity index (χ2v) is 5.69. The Bertz CT molecular complexity index is 456. The van der Waals surface area contributed by atoms with Gasteiger partial charge in [-0.05, 0) is 55.8 Å². The molecule has 2 rings (SSSR count). The summed E-state index contributed by atoms with van der Waals surface area (Å²) >= 11 is 0. The van der Waals surface area contributed by atoms with Crippen molar-refractivity contribution in [3.05, 3.63) is 34.9 Å². The van der Waals surface area contributed by atoms with Gasteiger partial charge in [0.1, 0.15) is 0 Å². The van der Waals surface area contributed by atoms with Crippen molar-refractivity contribution in [1.29, 1.82) is 0 Å². The molecule has 3 nitrogen and oxygen atoms in total. The van der Waals surface area contributed by atoms with Crippen molar-refractivity contribution in [3.63, 3.8) is 0 Å². The first-order valence-corrected chi connectivity index (χ1v) is 7.07. The van der Waals surface area contributed by atoms with Crippen LogP contribution in [0.3, 0.4) is 0 Å². The molecule has 0 aliphatic heterocycles. The number of hydrogen-bond donors (Lipinski definition) is 2. The van der Waals surface area contributed by atoms with E-state index < -0.39 is 5.97 Å². The highest BCUT2D eigenvalue weighted by atomic mass is 16.4. The first kappa shape index (κ1) is 14.1. The molecule has 0 heterocycles. The van der Waals surface area contributed by atoms with Gasteiger partial charge in [-0.1, -0.05) is 24.6 Å². The predicted octanol–water partition coefficient (Wildman–Crippen LogP) is 2.89. The molecule has 1 saturated carbocycles. The molecule has 1 aliphatic rings. The molecule has 0 spiro atoms. The zero-order valence-electron chi connectivity index (χ0n) is 11.8. The molecule has 2 unspecified atom stereocenters. The summed E-state index contributed by atoms with van der Waals surface area (Å²) < 4.78 is 0. The van der Waals surface area contributed by atoms with E-state index in [2.05, 4.69) is 37.4 Å². The first-order valence-electron chi connectivity index (χ1n) is 7.07. The zero-order chi connectivity index (χ0) is 13.8. The maximum Gasteiger partial charge on any atom is 0.306 e. The summed E-state index contributed by atoms with van der Waals surface area (Å²) in [7, 11) is 0. The summed E-state index contributed by atoms with van der Waals surface area (Å²) in [6.07, 6.45) is 2.93. The van der Waals surface area contributed by atoms with E-state index in [0.717, 1.165) is 32.4 Å². The zero-order valence-corrected chi connectivity index (χ0v) is 11.8. The fraction of sp³-hybridized carbons (Fsp3) is 0.562. The fourth-order valence-electron chi connectivity index (χ4n) is 2.92. The Morgan fingerprint density at radius 1 is 1.32 bits per heavy atom. The van der Waals surface area contributed by atoms with Crippen LogP contribution in [0.4, 0.5) is 0 Å². The van der Waals surface area contributed by atoms with E-state index in [-0.39, 0.29) is 5.92 Å². The van der Waals surface area contributed by atoms with Crippen molar-refractivity contribution in [2.24, 2.45) is 11.8 Å². The quantitative estimate of drug-likeness (QED) is 0.857. The third kappa shape index (κ3) is 3.57. The van der Waals surface area contributed by atoms with Gasteiger partial charge in [0.05, 0.1) is 5.92 Å². The van der Waals surface area contributed by atoms with Crippen molar-refractivity contribution >= 4 is 5.97 Å². The normalized spacial score (nSPS) is 22.6. The van der Waals surface area contributed by atoms with Crippen LogP contribution in [0.15, 0.2) is 18.2 Å². The van der Waals surface area contributed by atoms with Gasteiger partial charge in [0.15, 0.2) is 0 Å². The Morgan fingerprint density at radius 2 is 2.11 bits per heavy atom. The topological polar surface area (TPSA) is 49.3 Å². The van der Waals surface area contributed by atoms with E-state index >= 15 is 0 Å². The van der Waals surface area contributed by atoms with Crippen molar-refractivity contribution in [2.75, 3.05) is 6.54 Å². The molecule has 3 heteroatoms. The highest BCUT2D eigenvalue weighted by Gasteiger charge is 2.32. The van der Waals surface area contributed by atoms with Gasteiger partial charge in [0, 0.05) is 6.54 Å². The number of carbonyl (C=O) groups is 1. The van der Waals surface area contributed by atoms with Gasteiger partial charge in [-0.15, -0.1) is 0 Å². The molecular weight excluding hydrogens is 238 g/mol. The van der Waals surface area contributed by atoms with Crippen molar-refractivity contribution in [2.45, 2.75) is 39.7 Å². The van der Waals surface area contributed by atoms with E-state index in [9.17, 15) is 4.79 Å². The molecule has 0 amide bonds. The molecule has 1 aliphatic carbocycles. The molecule has 1 aromatic rings.